The fourth-order valence-electron chi connectivity index (χ4n) is 3.00. The summed E-state index contributed by atoms with van der Waals surface area (Å²) in [5.41, 5.74) is 3.30. The maximum Gasteiger partial charge on any atom is 0.248 e. The topological polar surface area (TPSA) is 55.7 Å². The maximum atomic E-state index is 12.7. The molecule has 26 heavy (non-hydrogen) atoms. The molecule has 0 aromatic heterocycles. The van der Waals surface area contributed by atoms with Crippen LogP contribution in [0.5, 0.6) is 0 Å². The molecule has 6 heteroatoms. The zero-order valence-corrected chi connectivity index (χ0v) is 16.2. The number of hydrogen-bond donors (Lipinski definition) is 0. The first-order valence-corrected chi connectivity index (χ1v) is 10.5. The van der Waals surface area contributed by atoms with Crippen molar-refractivity contribution in [2.45, 2.75) is 13.3 Å². The Morgan fingerprint density at radius 3 is 2.69 bits per heavy atom. The van der Waals surface area contributed by atoms with Gasteiger partial charge in [0.25, 0.3) is 0 Å². The summed E-state index contributed by atoms with van der Waals surface area (Å²) in [5.74, 6) is 1.02. The van der Waals surface area contributed by atoms with Crippen LogP contribution in [0.3, 0.4) is 0 Å². The van der Waals surface area contributed by atoms with Gasteiger partial charge in [-0.2, -0.15) is 0 Å². The van der Waals surface area contributed by atoms with E-state index < -0.39 is 11.2 Å². The SMILES string of the molecule is CCC[S+]([O-])CCN1C(=O)CN=C(c2ccccc2)c2cc(Cl)ccc21. The first kappa shape index (κ1) is 19.0. The molecule has 2 aromatic rings. The molecule has 0 fully saturated rings. The number of fused-ring (bicyclic) bond motifs is 1. The summed E-state index contributed by atoms with van der Waals surface area (Å²) in [4.78, 5) is 19.0. The van der Waals surface area contributed by atoms with E-state index in [4.69, 9.17) is 11.6 Å². The second kappa shape index (κ2) is 8.71. The normalized spacial score (nSPS) is 15.3. The molecule has 0 aliphatic carbocycles. The van der Waals surface area contributed by atoms with Gasteiger partial charge in [0, 0.05) is 16.1 Å². The lowest BCUT2D eigenvalue weighted by molar-refractivity contribution is -0.117. The van der Waals surface area contributed by atoms with E-state index in [-0.39, 0.29) is 12.5 Å². The van der Waals surface area contributed by atoms with Crippen LogP contribution in [0.4, 0.5) is 5.69 Å². The smallest absolute Gasteiger partial charge is 0.248 e. The average molecular weight is 389 g/mol. The number of rotatable bonds is 6. The van der Waals surface area contributed by atoms with Crippen molar-refractivity contribution in [3.05, 3.63) is 64.7 Å². The fourth-order valence-corrected chi connectivity index (χ4v) is 4.21. The van der Waals surface area contributed by atoms with E-state index >= 15 is 0 Å². The monoisotopic (exact) mass is 388 g/mol. The van der Waals surface area contributed by atoms with Gasteiger partial charge in [-0.3, -0.25) is 9.79 Å². The van der Waals surface area contributed by atoms with Gasteiger partial charge < -0.3 is 9.45 Å². The second-order valence-corrected chi connectivity index (χ2v) is 8.22. The average Bonchev–Trinajstić information content (AvgIpc) is 2.77. The summed E-state index contributed by atoms with van der Waals surface area (Å²) < 4.78 is 12.1. The number of aliphatic imine (C=N–C) groups is 1. The lowest BCUT2D eigenvalue weighted by Gasteiger charge is -2.23. The number of anilines is 1. The molecule has 4 nitrogen and oxygen atoms in total. The predicted octanol–water partition coefficient (Wildman–Crippen LogP) is 3.68. The number of halogens is 1. The Kier molecular flexibility index (Phi) is 6.35. The number of nitrogens with zero attached hydrogens (tertiary/aromatic N) is 2. The molecule has 0 saturated carbocycles. The molecule has 0 N–H and O–H groups in total. The third-order valence-electron chi connectivity index (χ3n) is 4.20. The van der Waals surface area contributed by atoms with Gasteiger partial charge in [-0.1, -0.05) is 60.0 Å². The van der Waals surface area contributed by atoms with E-state index in [9.17, 15) is 9.35 Å². The first-order valence-electron chi connectivity index (χ1n) is 8.65. The lowest BCUT2D eigenvalue weighted by atomic mass is 10.0. The van der Waals surface area contributed by atoms with Crippen molar-refractivity contribution < 1.29 is 9.35 Å². The molecule has 3 rings (SSSR count). The van der Waals surface area contributed by atoms with Gasteiger partial charge in [-0.05, 0) is 24.6 Å². The van der Waals surface area contributed by atoms with Gasteiger partial charge in [0.2, 0.25) is 5.91 Å². The molecule has 0 saturated heterocycles. The van der Waals surface area contributed by atoms with Crippen molar-refractivity contribution in [3.8, 4) is 0 Å². The van der Waals surface area contributed by atoms with Crippen molar-refractivity contribution in [2.75, 3.05) is 29.5 Å². The zero-order chi connectivity index (χ0) is 18.5. The zero-order valence-electron chi connectivity index (χ0n) is 14.7. The molecule has 0 bridgehead atoms. The van der Waals surface area contributed by atoms with Crippen LogP contribution in [0.2, 0.25) is 5.02 Å². The van der Waals surface area contributed by atoms with Gasteiger partial charge in [0.15, 0.2) is 0 Å². The van der Waals surface area contributed by atoms with E-state index in [0.29, 0.717) is 23.1 Å². The van der Waals surface area contributed by atoms with E-state index in [2.05, 4.69) is 4.99 Å². The largest absolute Gasteiger partial charge is 0.616 e. The lowest BCUT2D eigenvalue weighted by Crippen LogP contribution is -2.37. The molecule has 1 amide bonds. The fraction of sp³-hybridized carbons (Fsp3) is 0.300. The minimum atomic E-state index is -0.926. The van der Waals surface area contributed by atoms with E-state index in [1.54, 1.807) is 11.0 Å². The van der Waals surface area contributed by atoms with Gasteiger partial charge in [-0.15, -0.1) is 0 Å². The summed E-state index contributed by atoms with van der Waals surface area (Å²) in [6, 6.07) is 15.2. The minimum absolute atomic E-state index is 0.0664. The highest BCUT2D eigenvalue weighted by Crippen LogP contribution is 2.29. The van der Waals surface area contributed by atoms with E-state index in [1.807, 2.05) is 49.4 Å². The van der Waals surface area contributed by atoms with Crippen molar-refractivity contribution in [1.82, 2.24) is 0 Å². The van der Waals surface area contributed by atoms with Gasteiger partial charge in [-0.25, -0.2) is 0 Å². The third-order valence-corrected chi connectivity index (χ3v) is 5.94. The number of amides is 1. The number of benzene rings is 2. The molecule has 1 heterocycles. The molecular formula is C20H21ClN2O2S. The number of carbonyl (C=O) groups is 1. The third kappa shape index (κ3) is 4.29. The Morgan fingerprint density at radius 1 is 1.19 bits per heavy atom. The first-order chi connectivity index (χ1) is 12.6. The van der Waals surface area contributed by atoms with Crippen LogP contribution in [0.1, 0.15) is 24.5 Å². The molecule has 0 spiro atoms. The highest BCUT2D eigenvalue weighted by Gasteiger charge is 2.26. The van der Waals surface area contributed by atoms with Crippen molar-refractivity contribution in [1.29, 1.82) is 0 Å². The van der Waals surface area contributed by atoms with Crippen LogP contribution in [0.15, 0.2) is 53.5 Å². The molecule has 1 atom stereocenters. The molecule has 2 aromatic carbocycles. The standard InChI is InChI=1S/C20H21ClN2O2S/c1-2-11-26(25)12-10-23-18-9-8-16(21)13-17(18)20(22-14-19(23)24)15-6-4-3-5-7-15/h3-9,13H,2,10-12,14H2,1H3. The summed E-state index contributed by atoms with van der Waals surface area (Å²) in [5, 5.41) is 0.594. The van der Waals surface area contributed by atoms with Crippen LogP contribution >= 0.6 is 11.6 Å². The number of hydrogen-bond acceptors (Lipinski definition) is 3. The summed E-state index contributed by atoms with van der Waals surface area (Å²) in [7, 11) is 0. The Balaban J connectivity index is 1.98. The summed E-state index contributed by atoms with van der Waals surface area (Å²) in [6.07, 6.45) is 0.869. The van der Waals surface area contributed by atoms with Crippen LogP contribution < -0.4 is 4.90 Å². The Labute approximate surface area is 162 Å². The molecule has 136 valence electrons. The molecule has 1 aliphatic heterocycles. The van der Waals surface area contributed by atoms with Crippen molar-refractivity contribution >= 4 is 40.1 Å². The van der Waals surface area contributed by atoms with Crippen LogP contribution in [-0.2, 0) is 16.0 Å². The van der Waals surface area contributed by atoms with E-state index in [1.165, 1.54) is 0 Å². The van der Waals surface area contributed by atoms with Crippen LogP contribution in [0, 0.1) is 0 Å². The minimum Gasteiger partial charge on any atom is -0.616 e. The van der Waals surface area contributed by atoms with Crippen molar-refractivity contribution in [2.24, 2.45) is 4.99 Å². The molecular weight excluding hydrogens is 368 g/mol. The molecule has 0 radical (unpaired) electrons. The predicted molar refractivity (Wildman–Crippen MR) is 109 cm³/mol. The Hall–Kier alpha value is -1.82. The number of benzodiazepines with no additional fused rings is 1. The maximum absolute atomic E-state index is 12.7. The molecule has 1 aliphatic rings. The summed E-state index contributed by atoms with van der Waals surface area (Å²) in [6.45, 7) is 2.49. The molecule has 1 unspecified atom stereocenters. The quantitative estimate of drug-likeness (QED) is 0.709. The van der Waals surface area contributed by atoms with Gasteiger partial charge >= 0.3 is 0 Å². The van der Waals surface area contributed by atoms with E-state index in [0.717, 1.165) is 28.9 Å². The Morgan fingerprint density at radius 2 is 1.96 bits per heavy atom. The van der Waals surface area contributed by atoms with Crippen molar-refractivity contribution in [3.63, 3.8) is 0 Å². The van der Waals surface area contributed by atoms with Gasteiger partial charge in [0.05, 0.1) is 17.9 Å². The highest BCUT2D eigenvalue weighted by molar-refractivity contribution is 7.91. The van der Waals surface area contributed by atoms with Gasteiger partial charge in [0.1, 0.15) is 18.1 Å². The summed E-state index contributed by atoms with van der Waals surface area (Å²) >= 11 is 5.30. The Bertz CT molecular complexity index is 811. The van der Waals surface area contributed by atoms with Crippen LogP contribution in [0.25, 0.3) is 0 Å². The highest BCUT2D eigenvalue weighted by atomic mass is 35.5. The second-order valence-electron chi connectivity index (χ2n) is 6.09. The van der Waals surface area contributed by atoms with Crippen LogP contribution in [-0.4, -0.2) is 40.8 Å². The number of carbonyl (C=O) groups excluding carboxylic acids is 1.